The van der Waals surface area contributed by atoms with Crippen LogP contribution in [-0.2, 0) is 4.79 Å². The summed E-state index contributed by atoms with van der Waals surface area (Å²) >= 11 is 3.27. The zero-order valence-electron chi connectivity index (χ0n) is 12.1. The van der Waals surface area contributed by atoms with Crippen molar-refractivity contribution < 1.29 is 4.79 Å². The highest BCUT2D eigenvalue weighted by atomic mass is 32.2. The van der Waals surface area contributed by atoms with Gasteiger partial charge in [-0.2, -0.15) is 0 Å². The molecule has 0 aliphatic carbocycles. The van der Waals surface area contributed by atoms with Gasteiger partial charge in [-0.15, -0.1) is 23.1 Å². The Labute approximate surface area is 132 Å². The fourth-order valence-electron chi connectivity index (χ4n) is 2.37. The van der Waals surface area contributed by atoms with Gasteiger partial charge in [-0.05, 0) is 32.0 Å². The second-order valence-electron chi connectivity index (χ2n) is 4.79. The summed E-state index contributed by atoms with van der Waals surface area (Å²) in [5, 5.41) is 1.83. The van der Waals surface area contributed by atoms with E-state index in [1.165, 1.54) is 10.4 Å². The van der Waals surface area contributed by atoms with E-state index >= 15 is 0 Å². The van der Waals surface area contributed by atoms with E-state index in [2.05, 4.69) is 46.9 Å². The lowest BCUT2D eigenvalue weighted by Gasteiger charge is -2.20. The molecule has 1 aliphatic heterocycles. The first-order valence-corrected chi connectivity index (χ1v) is 8.87. The van der Waals surface area contributed by atoms with Gasteiger partial charge in [-0.3, -0.25) is 4.99 Å². The number of carbonyl (C=O) groups is 1. The molecule has 3 rings (SSSR count). The minimum absolute atomic E-state index is 0.205. The van der Waals surface area contributed by atoms with Crippen LogP contribution in [0.5, 0.6) is 0 Å². The van der Waals surface area contributed by atoms with Crippen LogP contribution in [0.4, 0.5) is 5.69 Å². The van der Waals surface area contributed by atoms with Gasteiger partial charge in [0.1, 0.15) is 22.4 Å². The van der Waals surface area contributed by atoms with Gasteiger partial charge in [0.05, 0.1) is 10.2 Å². The first kappa shape index (κ1) is 14.5. The SMILES string of the molecule is CCN(CC)c1ccc2nc(C3=N[C@@H](C=O)CS3)sc2c1. The number of hydrogen-bond acceptors (Lipinski definition) is 6. The van der Waals surface area contributed by atoms with E-state index < -0.39 is 0 Å². The Balaban J connectivity index is 1.95. The van der Waals surface area contributed by atoms with Gasteiger partial charge in [0.25, 0.3) is 0 Å². The quantitative estimate of drug-likeness (QED) is 0.794. The second kappa shape index (κ2) is 6.15. The maximum Gasteiger partial charge on any atom is 0.149 e. The van der Waals surface area contributed by atoms with Crippen molar-refractivity contribution in [2.45, 2.75) is 19.9 Å². The van der Waals surface area contributed by atoms with E-state index in [1.807, 2.05) is 0 Å². The molecule has 0 N–H and O–H groups in total. The lowest BCUT2D eigenvalue weighted by atomic mass is 10.2. The molecule has 4 nitrogen and oxygen atoms in total. The molecule has 0 spiro atoms. The molecule has 2 aromatic rings. The van der Waals surface area contributed by atoms with E-state index in [1.54, 1.807) is 23.1 Å². The molecule has 2 heterocycles. The van der Waals surface area contributed by atoms with Gasteiger partial charge in [0, 0.05) is 24.5 Å². The molecule has 0 amide bonds. The third-order valence-corrected chi connectivity index (χ3v) is 5.75. The van der Waals surface area contributed by atoms with Crippen LogP contribution in [0.1, 0.15) is 18.9 Å². The van der Waals surface area contributed by atoms with Crippen LogP contribution in [0.3, 0.4) is 0 Å². The minimum atomic E-state index is -0.205. The summed E-state index contributed by atoms with van der Waals surface area (Å²) in [6.45, 7) is 6.32. The van der Waals surface area contributed by atoms with Crippen molar-refractivity contribution in [3.05, 3.63) is 23.2 Å². The summed E-state index contributed by atoms with van der Waals surface area (Å²) in [5.41, 5.74) is 2.23. The predicted molar refractivity (Wildman–Crippen MR) is 92.0 cm³/mol. The van der Waals surface area contributed by atoms with Crippen molar-refractivity contribution in [3.8, 4) is 0 Å². The third kappa shape index (κ3) is 2.82. The molecule has 1 aromatic carbocycles. The Morgan fingerprint density at radius 1 is 1.38 bits per heavy atom. The van der Waals surface area contributed by atoms with Crippen molar-refractivity contribution in [3.63, 3.8) is 0 Å². The maximum atomic E-state index is 10.8. The molecule has 21 heavy (non-hydrogen) atoms. The molecule has 6 heteroatoms. The number of aromatic nitrogens is 1. The number of carbonyl (C=O) groups excluding carboxylic acids is 1. The Morgan fingerprint density at radius 2 is 2.19 bits per heavy atom. The molecule has 1 aliphatic rings. The van der Waals surface area contributed by atoms with Gasteiger partial charge in [0.2, 0.25) is 0 Å². The molecule has 1 aromatic heterocycles. The van der Waals surface area contributed by atoms with E-state index in [0.29, 0.717) is 0 Å². The summed E-state index contributed by atoms with van der Waals surface area (Å²) in [5.74, 6) is 0.736. The Morgan fingerprint density at radius 3 is 2.86 bits per heavy atom. The Hall–Kier alpha value is -1.40. The zero-order chi connectivity index (χ0) is 14.8. The van der Waals surface area contributed by atoms with Crippen LogP contribution < -0.4 is 4.90 Å². The zero-order valence-corrected chi connectivity index (χ0v) is 13.7. The van der Waals surface area contributed by atoms with E-state index in [4.69, 9.17) is 0 Å². The molecule has 110 valence electrons. The van der Waals surface area contributed by atoms with E-state index in [9.17, 15) is 4.79 Å². The predicted octanol–water partition coefficient (Wildman–Crippen LogP) is 3.20. The summed E-state index contributed by atoms with van der Waals surface area (Å²) in [4.78, 5) is 22.2. The smallest absolute Gasteiger partial charge is 0.149 e. The fraction of sp³-hybridized carbons (Fsp3) is 0.400. The van der Waals surface area contributed by atoms with Crippen molar-refractivity contribution in [1.29, 1.82) is 0 Å². The normalized spacial score (nSPS) is 18.0. The first-order valence-electron chi connectivity index (χ1n) is 7.07. The Bertz CT molecular complexity index is 691. The number of aldehydes is 1. The van der Waals surface area contributed by atoms with Gasteiger partial charge in [-0.25, -0.2) is 4.98 Å². The highest BCUT2D eigenvalue weighted by Gasteiger charge is 2.21. The number of aliphatic imine (C=N–C) groups is 1. The van der Waals surface area contributed by atoms with Crippen LogP contribution in [0, 0.1) is 0 Å². The number of benzene rings is 1. The average Bonchev–Trinajstić information content (AvgIpc) is 3.14. The summed E-state index contributed by atoms with van der Waals surface area (Å²) < 4.78 is 1.17. The monoisotopic (exact) mass is 319 g/mol. The van der Waals surface area contributed by atoms with Gasteiger partial charge < -0.3 is 9.69 Å². The standard InChI is InChI=1S/C15H17N3OS2/c1-3-18(4-2)11-5-6-12-13(7-11)21-15(17-12)14-16-10(8-19)9-20-14/h5-8,10H,3-4,9H2,1-2H3/t10-/m0/s1. The fourth-order valence-corrected chi connectivity index (χ4v) is 4.42. The molecule has 0 unspecified atom stereocenters. The molecule has 0 radical (unpaired) electrons. The molecule has 0 bridgehead atoms. The number of nitrogens with zero attached hydrogens (tertiary/aromatic N) is 3. The number of fused-ring (bicyclic) bond motifs is 1. The van der Waals surface area contributed by atoms with Crippen molar-refractivity contribution in [1.82, 2.24) is 4.98 Å². The van der Waals surface area contributed by atoms with E-state index in [-0.39, 0.29) is 6.04 Å². The van der Waals surface area contributed by atoms with Crippen LogP contribution in [0.25, 0.3) is 10.2 Å². The summed E-state index contributed by atoms with van der Waals surface area (Å²) in [7, 11) is 0. The van der Waals surface area contributed by atoms with Crippen LogP contribution >= 0.6 is 23.1 Å². The van der Waals surface area contributed by atoms with Crippen LogP contribution in [0.2, 0.25) is 0 Å². The summed E-state index contributed by atoms with van der Waals surface area (Å²) in [6, 6.07) is 6.18. The van der Waals surface area contributed by atoms with Gasteiger partial charge in [-0.1, -0.05) is 0 Å². The topological polar surface area (TPSA) is 45.6 Å². The second-order valence-corrected chi connectivity index (χ2v) is 6.83. The lowest BCUT2D eigenvalue weighted by Crippen LogP contribution is -2.21. The third-order valence-electron chi connectivity index (χ3n) is 3.51. The highest BCUT2D eigenvalue weighted by molar-refractivity contribution is 8.15. The van der Waals surface area contributed by atoms with Crippen LogP contribution in [0.15, 0.2) is 23.2 Å². The molecule has 1 atom stereocenters. The Kier molecular flexibility index (Phi) is 4.26. The van der Waals surface area contributed by atoms with Crippen molar-refractivity contribution >= 4 is 50.3 Å². The molecular formula is C15H17N3OS2. The van der Waals surface area contributed by atoms with Gasteiger partial charge in [0.15, 0.2) is 0 Å². The van der Waals surface area contributed by atoms with Crippen LogP contribution in [-0.4, -0.2) is 41.2 Å². The molecule has 0 saturated carbocycles. The number of anilines is 1. The van der Waals surface area contributed by atoms with E-state index in [0.717, 1.165) is 40.7 Å². The number of thiazole rings is 1. The van der Waals surface area contributed by atoms with Crippen molar-refractivity contribution in [2.24, 2.45) is 4.99 Å². The molecular weight excluding hydrogens is 302 g/mol. The number of rotatable bonds is 5. The number of thioether (sulfide) groups is 1. The molecule has 0 saturated heterocycles. The number of hydrogen-bond donors (Lipinski definition) is 0. The average molecular weight is 319 g/mol. The highest BCUT2D eigenvalue weighted by Crippen LogP contribution is 2.31. The largest absolute Gasteiger partial charge is 0.372 e. The summed E-state index contributed by atoms with van der Waals surface area (Å²) in [6.07, 6.45) is 0.909. The van der Waals surface area contributed by atoms with Crippen molar-refractivity contribution in [2.75, 3.05) is 23.7 Å². The minimum Gasteiger partial charge on any atom is -0.372 e. The lowest BCUT2D eigenvalue weighted by molar-refractivity contribution is -0.108. The first-order chi connectivity index (χ1) is 10.2. The molecule has 0 fully saturated rings. The van der Waals surface area contributed by atoms with Gasteiger partial charge >= 0.3 is 0 Å². The maximum absolute atomic E-state index is 10.8.